The first-order chi connectivity index (χ1) is 58.8. The Morgan fingerprint density at radius 2 is 0.325 bits per heavy atom. The zero-order valence-electron chi connectivity index (χ0n) is 76.6. The summed E-state index contributed by atoms with van der Waals surface area (Å²) in [6.45, 7) is 28.5. The molecule has 16 rings (SSSR count). The molecule has 0 saturated heterocycles. The molecule has 12 aromatic carbocycles. The highest BCUT2D eigenvalue weighted by molar-refractivity contribution is 6.32. The van der Waals surface area contributed by atoms with Crippen LogP contribution < -0.4 is 0 Å². The van der Waals surface area contributed by atoms with Crippen LogP contribution >= 0.6 is 0 Å². The molecular formula is C120H146. The van der Waals surface area contributed by atoms with Crippen LogP contribution in [0.1, 0.15) is 379 Å². The number of hydrogen-bond donors (Lipinski definition) is 0. The third kappa shape index (κ3) is 15.9. The molecule has 0 saturated carbocycles. The molecular weight excluding hydrogens is 1440 g/mol. The lowest BCUT2D eigenvalue weighted by atomic mass is 9.69. The Morgan fingerprint density at radius 1 is 0.158 bits per heavy atom. The van der Waals surface area contributed by atoms with Crippen LogP contribution in [0.25, 0.3) is 121 Å². The number of unbranched alkanes of at least 4 members (excludes halogenated alkanes) is 24. The number of aryl methyl sites for hydroxylation is 4. The van der Waals surface area contributed by atoms with Gasteiger partial charge in [-0.25, -0.2) is 0 Å². The van der Waals surface area contributed by atoms with Crippen molar-refractivity contribution in [2.45, 2.75) is 362 Å². The summed E-state index contributed by atoms with van der Waals surface area (Å²) in [6, 6.07) is 78.1. The van der Waals surface area contributed by atoms with Crippen molar-refractivity contribution in [2.24, 2.45) is 0 Å². The first-order valence-corrected chi connectivity index (χ1v) is 49.6. The molecule has 4 aliphatic carbocycles. The molecule has 0 N–H and O–H groups in total. The Morgan fingerprint density at radius 3 is 0.500 bits per heavy atom. The van der Waals surface area contributed by atoms with Gasteiger partial charge in [0.05, 0.1) is 0 Å². The molecule has 120 heavy (non-hydrogen) atoms. The Labute approximate surface area is 726 Å². The first kappa shape index (κ1) is 85.3. The molecule has 0 atom stereocenters. The van der Waals surface area contributed by atoms with Crippen LogP contribution in [-0.4, -0.2) is 0 Å². The fourth-order valence-corrected chi connectivity index (χ4v) is 24.5. The van der Waals surface area contributed by atoms with Gasteiger partial charge in [-0.2, -0.15) is 0 Å². The van der Waals surface area contributed by atoms with Crippen LogP contribution in [0.15, 0.2) is 182 Å². The molecule has 0 bridgehead atoms. The van der Waals surface area contributed by atoms with Gasteiger partial charge in [0.15, 0.2) is 0 Å². The van der Waals surface area contributed by atoms with Gasteiger partial charge in [0, 0.05) is 21.7 Å². The maximum Gasteiger partial charge on any atom is 0.0215 e. The molecule has 0 aromatic heterocycles. The van der Waals surface area contributed by atoms with Crippen molar-refractivity contribution in [1.29, 1.82) is 0 Å². The van der Waals surface area contributed by atoms with E-state index in [4.69, 9.17) is 0 Å². The largest absolute Gasteiger partial charge is 0.0654 e. The molecule has 4 aliphatic rings. The number of fused-ring (bicyclic) bond motifs is 12. The van der Waals surface area contributed by atoms with Gasteiger partial charge in [-0.3, -0.25) is 0 Å². The van der Waals surface area contributed by atoms with Crippen molar-refractivity contribution >= 4 is 32.3 Å². The molecule has 0 heteroatoms. The summed E-state index contributed by atoms with van der Waals surface area (Å²) in [5.74, 6) is 0. The van der Waals surface area contributed by atoms with Gasteiger partial charge in [0.2, 0.25) is 0 Å². The van der Waals surface area contributed by atoms with Crippen molar-refractivity contribution in [2.75, 3.05) is 0 Å². The Kier molecular flexibility index (Phi) is 26.9. The minimum Gasteiger partial charge on any atom is -0.0654 e. The standard InChI is InChI=1S/C120H146/c1-13-21-29-37-65-117(66-38-30-22-14-2)107-73-83(9)45-53-91(107)95-57-49-87(77-111(95)117)103-81-104(88-50-58-96-92-54-46-84(10)74-108(92)118(112(96)78-88,67-39-31-23-15-3)68-40-32-24-16-4)100-63-64-102-106(90-52-60-98-94-56-48-86(12)76-110(94)120(114(98)80-90,71-43-35-27-19-7)72-44-36-28-20-8)82-105(101-62-61-99(103)115(100)116(101)102)89-51-59-97-93-55-47-85(11)75-109(93)119(113(97)79-89,69-41-33-25-17-5)70-42-34-26-18-6/h45-64,73-82H,13-44,65-72H2,1-12H3. The predicted octanol–water partition coefficient (Wildman–Crippen LogP) is 37.3. The lowest BCUT2D eigenvalue weighted by Crippen LogP contribution is -2.26. The zero-order valence-corrected chi connectivity index (χ0v) is 76.6. The molecule has 0 unspecified atom stereocenters. The van der Waals surface area contributed by atoms with E-state index in [1.165, 1.54) is 400 Å². The molecule has 0 nitrogen and oxygen atoms in total. The summed E-state index contributed by atoms with van der Waals surface area (Å²) in [6.07, 6.45) is 50.1. The van der Waals surface area contributed by atoms with Gasteiger partial charge in [-0.15, -0.1) is 0 Å². The first-order valence-electron chi connectivity index (χ1n) is 49.6. The van der Waals surface area contributed by atoms with E-state index in [-0.39, 0.29) is 21.7 Å². The topological polar surface area (TPSA) is 0 Å². The van der Waals surface area contributed by atoms with Crippen molar-refractivity contribution < 1.29 is 0 Å². The summed E-state index contributed by atoms with van der Waals surface area (Å²) in [7, 11) is 0. The molecule has 0 aliphatic heterocycles. The summed E-state index contributed by atoms with van der Waals surface area (Å²) >= 11 is 0. The summed E-state index contributed by atoms with van der Waals surface area (Å²) in [4.78, 5) is 0. The monoisotopic (exact) mass is 1590 g/mol. The third-order valence-corrected chi connectivity index (χ3v) is 30.9. The van der Waals surface area contributed by atoms with Crippen LogP contribution in [0.3, 0.4) is 0 Å². The summed E-state index contributed by atoms with van der Waals surface area (Å²) in [5.41, 5.74) is 40.6. The van der Waals surface area contributed by atoms with E-state index >= 15 is 0 Å². The van der Waals surface area contributed by atoms with Crippen LogP contribution in [0.5, 0.6) is 0 Å². The second-order valence-electron chi connectivity index (χ2n) is 39.1. The highest BCUT2D eigenvalue weighted by atomic mass is 14.5. The lowest BCUT2D eigenvalue weighted by molar-refractivity contribution is 0.401. The molecule has 12 aromatic rings. The van der Waals surface area contributed by atoms with E-state index in [1.54, 1.807) is 44.5 Å². The van der Waals surface area contributed by atoms with Gasteiger partial charge in [0.1, 0.15) is 0 Å². The molecule has 0 radical (unpaired) electrons. The van der Waals surface area contributed by atoms with Crippen molar-refractivity contribution in [3.63, 3.8) is 0 Å². The van der Waals surface area contributed by atoms with Crippen molar-refractivity contribution in [3.8, 4) is 89.0 Å². The molecule has 0 fully saturated rings. The highest BCUT2D eigenvalue weighted by Gasteiger charge is 2.48. The molecule has 0 spiro atoms. The summed E-state index contributed by atoms with van der Waals surface area (Å²) < 4.78 is 0. The van der Waals surface area contributed by atoms with Gasteiger partial charge < -0.3 is 0 Å². The van der Waals surface area contributed by atoms with E-state index in [1.807, 2.05) is 0 Å². The Hall–Kier alpha value is -8.32. The van der Waals surface area contributed by atoms with E-state index in [9.17, 15) is 0 Å². The number of rotatable bonds is 44. The van der Waals surface area contributed by atoms with Gasteiger partial charge in [-0.05, 0) is 281 Å². The van der Waals surface area contributed by atoms with Crippen molar-refractivity contribution in [3.05, 3.63) is 249 Å². The average molecular weight is 1590 g/mol. The second kappa shape index (κ2) is 37.8. The van der Waals surface area contributed by atoms with Gasteiger partial charge >= 0.3 is 0 Å². The van der Waals surface area contributed by atoms with Gasteiger partial charge in [0.25, 0.3) is 0 Å². The fraction of sp³-hybridized carbons (Fsp3) is 0.467. The van der Waals surface area contributed by atoms with E-state index in [2.05, 4.69) is 265 Å². The Bertz CT molecular complexity index is 4850. The normalized spacial score (nSPS) is 14.6. The summed E-state index contributed by atoms with van der Waals surface area (Å²) in [5, 5.41) is 8.34. The lowest BCUT2D eigenvalue weighted by Gasteiger charge is -2.34. The molecule has 0 heterocycles. The highest BCUT2D eigenvalue weighted by Crippen LogP contribution is 2.62. The average Bonchev–Trinajstić information content (AvgIpc) is 1.09. The molecule has 626 valence electrons. The maximum atomic E-state index is 2.79. The smallest absolute Gasteiger partial charge is 0.0215 e. The quantitative estimate of drug-likeness (QED) is 0.0264. The Balaban J connectivity index is 1.00. The zero-order chi connectivity index (χ0) is 83.1. The van der Waals surface area contributed by atoms with Crippen LogP contribution in [0, 0.1) is 27.7 Å². The minimum absolute atomic E-state index is 0.0626. The van der Waals surface area contributed by atoms with Crippen molar-refractivity contribution in [1.82, 2.24) is 0 Å². The predicted molar refractivity (Wildman–Crippen MR) is 526 cm³/mol. The van der Waals surface area contributed by atoms with Gasteiger partial charge in [-0.1, -0.05) is 429 Å². The molecule has 0 amide bonds. The number of benzene rings is 12. The van der Waals surface area contributed by atoms with E-state index < -0.39 is 0 Å². The van der Waals surface area contributed by atoms with Crippen LogP contribution in [0.2, 0.25) is 0 Å². The minimum atomic E-state index is -0.0626. The van der Waals surface area contributed by atoms with Crippen LogP contribution in [-0.2, 0) is 21.7 Å². The maximum absolute atomic E-state index is 2.79. The van der Waals surface area contributed by atoms with Crippen LogP contribution in [0.4, 0.5) is 0 Å². The van der Waals surface area contributed by atoms with E-state index in [0.717, 1.165) is 0 Å². The third-order valence-electron chi connectivity index (χ3n) is 30.9. The van der Waals surface area contributed by atoms with E-state index in [0.29, 0.717) is 0 Å². The second-order valence-corrected chi connectivity index (χ2v) is 39.1. The fourth-order valence-electron chi connectivity index (χ4n) is 24.5. The SMILES string of the molecule is CCCCCCC1(CCCCCC)c2cc(C)ccc2-c2ccc(-c3cc(-c4ccc5c(c4)C(CCCCCC)(CCCCCC)c4cc(C)ccc4-5)c4ccc5c(-c6ccc7c(c6)C(CCCCCC)(CCCCCC)c6cc(C)ccc6-7)cc(-c6ccc7c(c6)C(CCCCCC)(CCCCCC)c6cc(C)ccc6-7)c6ccc3c4c65)cc21. The number of hydrogen-bond acceptors (Lipinski definition) is 0.